The molecule has 0 aliphatic rings. The van der Waals surface area contributed by atoms with Crippen LogP contribution in [0.25, 0.3) is 0 Å². The maximum Gasteiger partial charge on any atom is 0.380 e. The highest BCUT2D eigenvalue weighted by Crippen LogP contribution is 2.61. The highest BCUT2D eigenvalue weighted by Gasteiger charge is 2.34. The fraction of sp³-hybridized carbons (Fsp3) is 0.400. The van der Waals surface area contributed by atoms with Gasteiger partial charge in [0.1, 0.15) is 0 Å². The van der Waals surface area contributed by atoms with Gasteiger partial charge in [0, 0.05) is 0 Å². The van der Waals surface area contributed by atoms with E-state index in [2.05, 4.69) is 19.7 Å². The van der Waals surface area contributed by atoms with E-state index >= 15 is 0 Å². The molecule has 2 nitrogen and oxygen atoms in total. The Kier molecular flexibility index (Phi) is 6.54. The molecule has 0 unspecified atom stereocenters. The van der Waals surface area contributed by atoms with Crippen LogP contribution >= 0.6 is 28.6 Å². The van der Waals surface area contributed by atoms with Crippen molar-refractivity contribution >= 4 is 28.6 Å². The number of hydrogen-bond donors (Lipinski definition) is 0. The van der Waals surface area contributed by atoms with Crippen LogP contribution in [0.15, 0.2) is 38.0 Å². The van der Waals surface area contributed by atoms with Crippen LogP contribution in [0.4, 0.5) is 0 Å². The van der Waals surface area contributed by atoms with Crippen molar-refractivity contribution in [1.82, 2.24) is 0 Å². The second-order valence-electron chi connectivity index (χ2n) is 3.17. The van der Waals surface area contributed by atoms with Gasteiger partial charge in [-0.15, -0.1) is 19.7 Å². The molecule has 0 atom stereocenters. The molecule has 0 N–H and O–H groups in total. The van der Waals surface area contributed by atoms with Crippen molar-refractivity contribution in [2.75, 3.05) is 0 Å². The minimum atomic E-state index is -3.58. The summed E-state index contributed by atoms with van der Waals surface area (Å²) in [6.45, 7) is 10.8. The van der Waals surface area contributed by atoms with Gasteiger partial charge in [-0.1, -0.05) is 18.2 Å². The zero-order valence-corrected chi connectivity index (χ0v) is 10.9. The van der Waals surface area contributed by atoms with Crippen molar-refractivity contribution in [3.8, 4) is 0 Å². The molecule has 0 bridgehead atoms. The van der Waals surface area contributed by atoms with Gasteiger partial charge >= 0.3 is 6.07 Å². The lowest BCUT2D eigenvalue weighted by Gasteiger charge is -2.31. The highest BCUT2D eigenvalue weighted by molar-refractivity contribution is 8.05. The molecule has 0 aliphatic carbocycles. The quantitative estimate of drug-likeness (QED) is 0.455. The minimum Gasteiger partial charge on any atom is -0.299 e. The standard InChI is InChI=1S/C10H15Cl2O2P/c1-4-7-10(8-5-2,9-6-3)14-15(11,12)13/h4-6H,1-3,7-9H2. The molecule has 0 rings (SSSR count). The van der Waals surface area contributed by atoms with E-state index < -0.39 is 11.7 Å². The summed E-state index contributed by atoms with van der Waals surface area (Å²) in [6.07, 6.45) is 2.86. The predicted molar refractivity (Wildman–Crippen MR) is 67.6 cm³/mol. The molecule has 0 amide bonds. The van der Waals surface area contributed by atoms with Crippen molar-refractivity contribution in [2.45, 2.75) is 24.9 Å². The molecule has 0 spiro atoms. The lowest BCUT2D eigenvalue weighted by Crippen LogP contribution is -2.28. The molecule has 0 aliphatic heterocycles. The number of halogens is 2. The van der Waals surface area contributed by atoms with Crippen LogP contribution < -0.4 is 0 Å². The third-order valence-electron chi connectivity index (χ3n) is 1.85. The van der Waals surface area contributed by atoms with Gasteiger partial charge in [-0.2, -0.15) is 0 Å². The monoisotopic (exact) mass is 268 g/mol. The van der Waals surface area contributed by atoms with Gasteiger partial charge in [0.2, 0.25) is 0 Å². The van der Waals surface area contributed by atoms with Crippen LogP contribution in [0.5, 0.6) is 0 Å². The topological polar surface area (TPSA) is 26.3 Å². The van der Waals surface area contributed by atoms with E-state index in [1.807, 2.05) is 0 Å². The van der Waals surface area contributed by atoms with E-state index in [4.69, 9.17) is 27.0 Å². The Labute approximate surface area is 101 Å². The lowest BCUT2D eigenvalue weighted by molar-refractivity contribution is 0.0900. The summed E-state index contributed by atoms with van der Waals surface area (Å²) in [5.74, 6) is 0. The number of rotatable bonds is 8. The summed E-state index contributed by atoms with van der Waals surface area (Å²) in [6, 6.07) is 0. The summed E-state index contributed by atoms with van der Waals surface area (Å²) in [4.78, 5) is 0. The van der Waals surface area contributed by atoms with E-state index in [1.165, 1.54) is 0 Å². The maximum absolute atomic E-state index is 11.3. The Morgan fingerprint density at radius 3 is 1.60 bits per heavy atom. The summed E-state index contributed by atoms with van der Waals surface area (Å²) >= 11 is 10.8. The lowest BCUT2D eigenvalue weighted by atomic mass is 9.92. The SMILES string of the molecule is C=CCC(CC=C)(CC=C)OP(=O)(Cl)Cl. The Morgan fingerprint density at radius 1 is 1.07 bits per heavy atom. The summed E-state index contributed by atoms with van der Waals surface area (Å²) in [5.41, 5.74) is -0.746. The third-order valence-corrected chi connectivity index (χ3v) is 2.86. The first-order chi connectivity index (χ1) is 6.89. The van der Waals surface area contributed by atoms with Crippen molar-refractivity contribution in [1.29, 1.82) is 0 Å². The Balaban J connectivity index is 4.90. The van der Waals surface area contributed by atoms with Crippen LogP contribution in [0.1, 0.15) is 19.3 Å². The average molecular weight is 269 g/mol. The third kappa shape index (κ3) is 6.21. The average Bonchev–Trinajstić information content (AvgIpc) is 2.01. The molecule has 0 saturated heterocycles. The van der Waals surface area contributed by atoms with E-state index in [9.17, 15) is 4.57 Å². The summed E-state index contributed by atoms with van der Waals surface area (Å²) in [7, 11) is 0. The first-order valence-electron chi connectivity index (χ1n) is 4.42. The van der Waals surface area contributed by atoms with Gasteiger partial charge in [0.05, 0.1) is 5.60 Å². The Hall–Kier alpha value is -0.0100. The molecular formula is C10H15Cl2O2P. The Morgan fingerprint density at radius 2 is 1.40 bits per heavy atom. The van der Waals surface area contributed by atoms with Crippen molar-refractivity contribution in [3.63, 3.8) is 0 Å². The largest absolute Gasteiger partial charge is 0.380 e. The smallest absolute Gasteiger partial charge is 0.299 e. The van der Waals surface area contributed by atoms with E-state index in [0.717, 1.165) is 0 Å². The van der Waals surface area contributed by atoms with Gasteiger partial charge in [-0.05, 0) is 41.7 Å². The molecule has 0 aromatic rings. The molecule has 86 valence electrons. The fourth-order valence-corrected chi connectivity index (χ4v) is 2.93. The van der Waals surface area contributed by atoms with Crippen molar-refractivity contribution in [3.05, 3.63) is 38.0 Å². The van der Waals surface area contributed by atoms with Gasteiger partial charge < -0.3 is 0 Å². The van der Waals surface area contributed by atoms with E-state index in [-0.39, 0.29) is 0 Å². The van der Waals surface area contributed by atoms with Gasteiger partial charge in [0.15, 0.2) is 0 Å². The summed E-state index contributed by atoms with van der Waals surface area (Å²) in [5, 5.41) is 0. The predicted octanol–water partition coefficient (Wildman–Crippen LogP) is 5.06. The molecule has 15 heavy (non-hydrogen) atoms. The molecule has 0 radical (unpaired) electrons. The Bertz CT molecular complexity index is 257. The van der Waals surface area contributed by atoms with Crippen LogP contribution in [0.3, 0.4) is 0 Å². The molecule has 0 heterocycles. The second-order valence-corrected chi connectivity index (χ2v) is 7.37. The van der Waals surface area contributed by atoms with Crippen LogP contribution in [-0.2, 0) is 9.09 Å². The van der Waals surface area contributed by atoms with E-state index in [0.29, 0.717) is 19.3 Å². The van der Waals surface area contributed by atoms with Gasteiger partial charge in [-0.25, -0.2) is 0 Å². The van der Waals surface area contributed by atoms with Crippen molar-refractivity contribution in [2.24, 2.45) is 0 Å². The molecule has 0 aromatic carbocycles. The van der Waals surface area contributed by atoms with Crippen LogP contribution in [-0.4, -0.2) is 5.60 Å². The maximum atomic E-state index is 11.3. The molecular weight excluding hydrogens is 254 g/mol. The van der Waals surface area contributed by atoms with Gasteiger partial charge in [-0.3, -0.25) is 9.09 Å². The van der Waals surface area contributed by atoms with Crippen LogP contribution in [0, 0.1) is 0 Å². The molecule has 0 saturated carbocycles. The molecule has 0 aromatic heterocycles. The minimum absolute atomic E-state index is 0.481. The summed E-state index contributed by atoms with van der Waals surface area (Å²) < 4.78 is 16.5. The molecule has 0 fully saturated rings. The van der Waals surface area contributed by atoms with E-state index in [1.54, 1.807) is 18.2 Å². The second kappa shape index (κ2) is 6.55. The van der Waals surface area contributed by atoms with Crippen molar-refractivity contribution < 1.29 is 9.09 Å². The molecule has 5 heteroatoms. The fourth-order valence-electron chi connectivity index (χ4n) is 1.38. The zero-order chi connectivity index (χ0) is 11.9. The number of hydrogen-bond acceptors (Lipinski definition) is 2. The highest BCUT2D eigenvalue weighted by atomic mass is 35.9. The normalized spacial score (nSPS) is 12.1. The first-order valence-corrected chi connectivity index (χ1v) is 7.85. The van der Waals surface area contributed by atoms with Gasteiger partial charge in [0.25, 0.3) is 0 Å². The zero-order valence-electron chi connectivity index (χ0n) is 8.49. The van der Waals surface area contributed by atoms with Crippen LogP contribution in [0.2, 0.25) is 0 Å². The first kappa shape index (κ1) is 15.0.